The molecule has 0 saturated carbocycles. The van der Waals surface area contributed by atoms with Gasteiger partial charge in [0.05, 0.1) is 20.0 Å². The van der Waals surface area contributed by atoms with Gasteiger partial charge in [0.25, 0.3) is 0 Å². The molecule has 0 radical (unpaired) electrons. The minimum atomic E-state index is 0.630. The van der Waals surface area contributed by atoms with Crippen molar-refractivity contribution in [3.8, 4) is 5.75 Å². The smallest absolute Gasteiger partial charge is 0.191 e. The Kier molecular flexibility index (Phi) is 7.89. The van der Waals surface area contributed by atoms with E-state index in [0.29, 0.717) is 6.54 Å². The molecule has 0 fully saturated rings. The zero-order valence-corrected chi connectivity index (χ0v) is 18.1. The highest BCUT2D eigenvalue weighted by atomic mass is 16.5. The molecular weight excluding hydrogens is 374 g/mol. The van der Waals surface area contributed by atoms with Crippen LogP contribution in [0.25, 0.3) is 0 Å². The van der Waals surface area contributed by atoms with Gasteiger partial charge < -0.3 is 19.9 Å². The van der Waals surface area contributed by atoms with Crippen molar-refractivity contribution in [1.29, 1.82) is 0 Å². The number of aryl methyl sites for hydroxylation is 1. The molecule has 1 aromatic heterocycles. The van der Waals surface area contributed by atoms with Gasteiger partial charge in [-0.3, -0.25) is 0 Å². The van der Waals surface area contributed by atoms with E-state index < -0.39 is 0 Å². The predicted octanol–water partition coefficient (Wildman–Crippen LogP) is 3.55. The highest BCUT2D eigenvalue weighted by molar-refractivity contribution is 5.79. The number of hydrogen-bond acceptors (Lipinski definition) is 3. The van der Waals surface area contributed by atoms with Crippen LogP contribution in [0.5, 0.6) is 5.75 Å². The third-order valence-electron chi connectivity index (χ3n) is 4.86. The van der Waals surface area contributed by atoms with Crippen LogP contribution in [0.1, 0.15) is 29.2 Å². The molecule has 0 aliphatic carbocycles. The second-order valence-electron chi connectivity index (χ2n) is 7.23. The summed E-state index contributed by atoms with van der Waals surface area (Å²) in [5, 5.41) is 6.75. The van der Waals surface area contributed by atoms with Crippen LogP contribution in [-0.2, 0) is 19.5 Å². The Hall–Kier alpha value is -3.28. The van der Waals surface area contributed by atoms with Crippen LogP contribution in [0.3, 0.4) is 0 Å². The molecule has 6 nitrogen and oxygen atoms in total. The molecule has 30 heavy (non-hydrogen) atoms. The molecule has 6 heteroatoms. The van der Waals surface area contributed by atoms with Crippen molar-refractivity contribution in [2.24, 2.45) is 4.99 Å². The molecule has 0 atom stereocenters. The van der Waals surface area contributed by atoms with Crippen LogP contribution in [0.15, 0.2) is 66.2 Å². The fraction of sp³-hybridized carbons (Fsp3) is 0.333. The van der Waals surface area contributed by atoms with Gasteiger partial charge in [-0.05, 0) is 48.6 Å². The maximum Gasteiger partial charge on any atom is 0.191 e. The first kappa shape index (κ1) is 21.4. The summed E-state index contributed by atoms with van der Waals surface area (Å²) < 4.78 is 7.48. The number of aliphatic imine (C=N–C) groups is 1. The van der Waals surface area contributed by atoms with Crippen LogP contribution < -0.4 is 15.4 Å². The SMILES string of the molecule is CCNC(=NCc1cccc(Cn2ccnc2)c1)NCCc1ccc(C)c(OC)c1. The van der Waals surface area contributed by atoms with E-state index in [9.17, 15) is 0 Å². The average molecular weight is 406 g/mol. The zero-order chi connectivity index (χ0) is 21.2. The van der Waals surface area contributed by atoms with Gasteiger partial charge in [0.1, 0.15) is 5.75 Å². The summed E-state index contributed by atoms with van der Waals surface area (Å²) in [6.07, 6.45) is 6.51. The molecule has 1 heterocycles. The zero-order valence-electron chi connectivity index (χ0n) is 18.1. The molecular formula is C24H31N5O. The minimum absolute atomic E-state index is 0.630. The molecule has 3 aromatic rings. The third kappa shape index (κ3) is 6.37. The fourth-order valence-electron chi connectivity index (χ4n) is 3.27. The lowest BCUT2D eigenvalue weighted by molar-refractivity contribution is 0.411. The van der Waals surface area contributed by atoms with E-state index in [2.05, 4.69) is 76.5 Å². The summed E-state index contributed by atoms with van der Waals surface area (Å²) in [6, 6.07) is 14.9. The monoisotopic (exact) mass is 405 g/mol. The van der Waals surface area contributed by atoms with Crippen molar-refractivity contribution in [3.63, 3.8) is 0 Å². The lowest BCUT2D eigenvalue weighted by Crippen LogP contribution is -2.38. The van der Waals surface area contributed by atoms with Crippen LogP contribution in [0.2, 0.25) is 0 Å². The van der Waals surface area contributed by atoms with Crippen LogP contribution in [-0.4, -0.2) is 35.7 Å². The molecule has 0 saturated heterocycles. The molecule has 0 aliphatic heterocycles. The number of ether oxygens (including phenoxy) is 1. The van der Waals surface area contributed by atoms with E-state index in [-0.39, 0.29) is 0 Å². The van der Waals surface area contributed by atoms with Gasteiger partial charge in [-0.25, -0.2) is 9.98 Å². The Morgan fingerprint density at radius 1 is 1.10 bits per heavy atom. The largest absolute Gasteiger partial charge is 0.496 e. The first-order chi connectivity index (χ1) is 14.7. The van der Waals surface area contributed by atoms with Crippen molar-refractivity contribution in [3.05, 3.63) is 83.4 Å². The quantitative estimate of drug-likeness (QED) is 0.422. The van der Waals surface area contributed by atoms with E-state index in [1.54, 1.807) is 13.3 Å². The molecule has 2 aromatic carbocycles. The first-order valence-electron chi connectivity index (χ1n) is 10.4. The maximum absolute atomic E-state index is 5.42. The molecule has 3 rings (SSSR count). The van der Waals surface area contributed by atoms with Gasteiger partial charge in [0.2, 0.25) is 0 Å². The lowest BCUT2D eigenvalue weighted by atomic mass is 10.1. The number of hydrogen-bond donors (Lipinski definition) is 2. The molecule has 0 aliphatic rings. The van der Waals surface area contributed by atoms with Gasteiger partial charge in [0, 0.05) is 32.0 Å². The summed E-state index contributed by atoms with van der Waals surface area (Å²) in [5.74, 6) is 1.76. The Morgan fingerprint density at radius 2 is 1.97 bits per heavy atom. The van der Waals surface area contributed by atoms with Crippen LogP contribution >= 0.6 is 0 Å². The van der Waals surface area contributed by atoms with E-state index in [1.165, 1.54) is 16.7 Å². The third-order valence-corrected chi connectivity index (χ3v) is 4.86. The van der Waals surface area contributed by atoms with Crippen LogP contribution in [0, 0.1) is 6.92 Å². The summed E-state index contributed by atoms with van der Waals surface area (Å²) >= 11 is 0. The normalized spacial score (nSPS) is 11.4. The molecule has 0 amide bonds. The van der Waals surface area contributed by atoms with Gasteiger partial charge in [-0.1, -0.05) is 36.4 Å². The predicted molar refractivity (Wildman–Crippen MR) is 122 cm³/mol. The minimum Gasteiger partial charge on any atom is -0.496 e. The second kappa shape index (κ2) is 11.0. The summed E-state index contributed by atoms with van der Waals surface area (Å²) in [6.45, 7) is 7.21. The molecule has 158 valence electrons. The van der Waals surface area contributed by atoms with Gasteiger partial charge in [-0.15, -0.1) is 0 Å². The Balaban J connectivity index is 1.56. The maximum atomic E-state index is 5.42. The van der Waals surface area contributed by atoms with Gasteiger partial charge >= 0.3 is 0 Å². The summed E-state index contributed by atoms with van der Waals surface area (Å²) in [7, 11) is 1.71. The Bertz CT molecular complexity index is 950. The summed E-state index contributed by atoms with van der Waals surface area (Å²) in [5.41, 5.74) is 4.83. The lowest BCUT2D eigenvalue weighted by Gasteiger charge is -2.12. The number of imidazole rings is 1. The van der Waals surface area contributed by atoms with E-state index in [4.69, 9.17) is 9.73 Å². The number of rotatable bonds is 9. The highest BCUT2D eigenvalue weighted by Crippen LogP contribution is 2.19. The molecule has 0 bridgehead atoms. The van der Waals surface area contributed by atoms with Crippen molar-refractivity contribution >= 4 is 5.96 Å². The van der Waals surface area contributed by atoms with Crippen molar-refractivity contribution < 1.29 is 4.74 Å². The molecule has 0 spiro atoms. The number of methoxy groups -OCH3 is 1. The number of aromatic nitrogens is 2. The van der Waals surface area contributed by atoms with Crippen molar-refractivity contribution in [1.82, 2.24) is 20.2 Å². The van der Waals surface area contributed by atoms with Crippen LogP contribution in [0.4, 0.5) is 0 Å². The Morgan fingerprint density at radius 3 is 2.73 bits per heavy atom. The Labute approximate surface area is 179 Å². The topological polar surface area (TPSA) is 63.5 Å². The molecule has 0 unspecified atom stereocenters. The van der Waals surface area contributed by atoms with Gasteiger partial charge in [-0.2, -0.15) is 0 Å². The summed E-state index contributed by atoms with van der Waals surface area (Å²) in [4.78, 5) is 8.85. The first-order valence-corrected chi connectivity index (χ1v) is 10.4. The second-order valence-corrected chi connectivity index (χ2v) is 7.23. The van der Waals surface area contributed by atoms with E-state index in [1.807, 2.05) is 12.5 Å². The number of guanidine groups is 1. The fourth-order valence-corrected chi connectivity index (χ4v) is 3.27. The highest BCUT2D eigenvalue weighted by Gasteiger charge is 2.03. The number of nitrogens with zero attached hydrogens (tertiary/aromatic N) is 3. The number of benzene rings is 2. The van der Waals surface area contributed by atoms with Crippen molar-refractivity contribution in [2.45, 2.75) is 33.4 Å². The van der Waals surface area contributed by atoms with Crippen molar-refractivity contribution in [2.75, 3.05) is 20.2 Å². The average Bonchev–Trinajstić information content (AvgIpc) is 3.26. The molecule has 2 N–H and O–H groups in total. The van der Waals surface area contributed by atoms with Gasteiger partial charge in [0.15, 0.2) is 5.96 Å². The van der Waals surface area contributed by atoms with E-state index in [0.717, 1.165) is 43.3 Å². The number of nitrogens with one attached hydrogen (secondary N) is 2. The van der Waals surface area contributed by atoms with E-state index >= 15 is 0 Å². The standard InChI is InChI=1S/C24H31N5O/c1-4-26-24(27-11-10-20-9-8-19(2)23(15-20)30-3)28-16-21-6-5-7-22(14-21)17-29-13-12-25-18-29/h5-9,12-15,18H,4,10-11,16-17H2,1-3H3,(H2,26,27,28).